The molecular weight excluding hydrogens is 282 g/mol. The second-order valence-corrected chi connectivity index (χ2v) is 5.88. The lowest BCUT2D eigenvalue weighted by atomic mass is 9.91. The number of carbonyl (C=O) groups excluding carboxylic acids is 1. The minimum absolute atomic E-state index is 0.138. The Kier molecular flexibility index (Phi) is 3.23. The molecule has 23 heavy (non-hydrogen) atoms. The zero-order valence-corrected chi connectivity index (χ0v) is 12.9. The topological polar surface area (TPSA) is 20.3 Å². The molecule has 1 aliphatic heterocycles. The highest BCUT2D eigenvalue weighted by atomic mass is 16.2. The van der Waals surface area contributed by atoms with E-state index in [9.17, 15) is 4.79 Å². The number of benzene rings is 3. The van der Waals surface area contributed by atoms with Crippen LogP contribution in [0.1, 0.15) is 17.0 Å². The summed E-state index contributed by atoms with van der Waals surface area (Å²) < 4.78 is 0. The van der Waals surface area contributed by atoms with Crippen LogP contribution in [0.15, 0.2) is 78.9 Å². The van der Waals surface area contributed by atoms with Crippen LogP contribution in [0.2, 0.25) is 0 Å². The molecule has 4 rings (SSSR count). The van der Waals surface area contributed by atoms with E-state index >= 15 is 0 Å². The molecule has 0 spiro atoms. The van der Waals surface area contributed by atoms with Gasteiger partial charge in [0.1, 0.15) is 0 Å². The van der Waals surface area contributed by atoms with Gasteiger partial charge in [-0.2, -0.15) is 0 Å². The van der Waals surface area contributed by atoms with Gasteiger partial charge >= 0.3 is 0 Å². The van der Waals surface area contributed by atoms with Gasteiger partial charge < -0.3 is 4.90 Å². The number of hydrogen-bond donors (Lipinski definition) is 0. The Hall–Kier alpha value is -2.87. The van der Waals surface area contributed by atoms with E-state index in [-0.39, 0.29) is 11.8 Å². The molecule has 0 N–H and O–H groups in total. The van der Waals surface area contributed by atoms with Crippen molar-refractivity contribution in [3.63, 3.8) is 0 Å². The van der Waals surface area contributed by atoms with Gasteiger partial charge in [-0.05, 0) is 28.3 Å². The number of anilines is 1. The molecule has 3 aromatic carbocycles. The van der Waals surface area contributed by atoms with Gasteiger partial charge in [0.15, 0.2) is 0 Å². The normalized spacial score (nSPS) is 16.5. The van der Waals surface area contributed by atoms with Crippen LogP contribution < -0.4 is 4.90 Å². The van der Waals surface area contributed by atoms with E-state index in [0.717, 1.165) is 16.8 Å². The Bertz CT molecular complexity index is 853. The molecule has 0 bridgehead atoms. The van der Waals surface area contributed by atoms with Crippen molar-refractivity contribution in [2.45, 2.75) is 5.92 Å². The van der Waals surface area contributed by atoms with Gasteiger partial charge in [-0.1, -0.05) is 72.8 Å². The minimum Gasteiger partial charge on any atom is -0.314 e. The summed E-state index contributed by atoms with van der Waals surface area (Å²) in [6.07, 6.45) is 0. The zero-order valence-electron chi connectivity index (χ0n) is 12.9. The van der Waals surface area contributed by atoms with Crippen molar-refractivity contribution >= 4 is 11.6 Å². The third-order valence-electron chi connectivity index (χ3n) is 4.54. The molecule has 0 fully saturated rings. The Morgan fingerprint density at radius 3 is 2.09 bits per heavy atom. The van der Waals surface area contributed by atoms with Gasteiger partial charge in [0, 0.05) is 12.7 Å². The van der Waals surface area contributed by atoms with Crippen LogP contribution in [-0.2, 0) is 4.79 Å². The van der Waals surface area contributed by atoms with Crippen molar-refractivity contribution in [1.82, 2.24) is 0 Å². The highest BCUT2D eigenvalue weighted by Crippen LogP contribution is 2.40. The van der Waals surface area contributed by atoms with E-state index in [1.165, 1.54) is 11.1 Å². The van der Waals surface area contributed by atoms with Gasteiger partial charge in [-0.15, -0.1) is 0 Å². The number of nitrogens with zero attached hydrogens (tertiary/aromatic N) is 1. The number of likely N-dealkylation sites (N-methyl/N-ethyl adjacent to an activating group) is 1. The quantitative estimate of drug-likeness (QED) is 0.684. The van der Waals surface area contributed by atoms with E-state index in [4.69, 9.17) is 0 Å². The van der Waals surface area contributed by atoms with E-state index < -0.39 is 0 Å². The molecule has 1 amide bonds. The Morgan fingerprint density at radius 1 is 0.739 bits per heavy atom. The van der Waals surface area contributed by atoms with E-state index in [0.29, 0.717) is 0 Å². The van der Waals surface area contributed by atoms with Gasteiger partial charge in [0.2, 0.25) is 5.91 Å². The molecule has 1 aliphatic rings. The fraction of sp³-hybridized carbons (Fsp3) is 0.0952. The van der Waals surface area contributed by atoms with Crippen LogP contribution in [0.5, 0.6) is 0 Å². The molecule has 0 saturated heterocycles. The van der Waals surface area contributed by atoms with Gasteiger partial charge in [-0.3, -0.25) is 4.79 Å². The monoisotopic (exact) mass is 299 g/mol. The number of para-hydroxylation sites is 1. The third kappa shape index (κ3) is 2.23. The number of hydrogen-bond acceptors (Lipinski definition) is 1. The summed E-state index contributed by atoms with van der Waals surface area (Å²) in [5.41, 5.74) is 5.50. The number of rotatable bonds is 2. The molecular formula is C21H17NO. The lowest BCUT2D eigenvalue weighted by molar-refractivity contribution is -0.118. The first-order valence-electron chi connectivity index (χ1n) is 7.77. The van der Waals surface area contributed by atoms with Crippen LogP contribution in [0.4, 0.5) is 5.69 Å². The van der Waals surface area contributed by atoms with E-state index in [2.05, 4.69) is 36.4 Å². The van der Waals surface area contributed by atoms with Crippen molar-refractivity contribution in [1.29, 1.82) is 0 Å². The van der Waals surface area contributed by atoms with Crippen LogP contribution in [0, 0.1) is 0 Å². The summed E-state index contributed by atoms with van der Waals surface area (Å²) >= 11 is 0. The van der Waals surface area contributed by atoms with Gasteiger partial charge in [0.25, 0.3) is 0 Å². The molecule has 2 nitrogen and oxygen atoms in total. The molecule has 0 aliphatic carbocycles. The smallest absolute Gasteiger partial charge is 0.238 e. The first-order valence-corrected chi connectivity index (χ1v) is 7.77. The summed E-state index contributed by atoms with van der Waals surface area (Å²) in [5, 5.41) is 0. The second kappa shape index (κ2) is 5.40. The Morgan fingerprint density at radius 2 is 1.35 bits per heavy atom. The van der Waals surface area contributed by atoms with E-state index in [1.807, 2.05) is 49.5 Å². The van der Waals surface area contributed by atoms with Crippen LogP contribution in [0.25, 0.3) is 11.1 Å². The van der Waals surface area contributed by atoms with Gasteiger partial charge in [-0.25, -0.2) is 0 Å². The summed E-state index contributed by atoms with van der Waals surface area (Å²) in [6.45, 7) is 0. The Labute approximate surface area is 136 Å². The maximum atomic E-state index is 12.6. The molecule has 2 heteroatoms. The molecule has 0 aromatic heterocycles. The minimum atomic E-state index is -0.193. The number of carbonyl (C=O) groups is 1. The van der Waals surface area contributed by atoms with Crippen molar-refractivity contribution in [2.24, 2.45) is 0 Å². The second-order valence-electron chi connectivity index (χ2n) is 5.88. The lowest BCUT2D eigenvalue weighted by Gasteiger charge is -2.12. The molecule has 3 aromatic rings. The average molecular weight is 299 g/mol. The maximum Gasteiger partial charge on any atom is 0.238 e. The lowest BCUT2D eigenvalue weighted by Crippen LogP contribution is -2.24. The first kappa shape index (κ1) is 13.8. The maximum absolute atomic E-state index is 12.6. The van der Waals surface area contributed by atoms with Crippen molar-refractivity contribution in [3.8, 4) is 11.1 Å². The summed E-state index contributed by atoms with van der Waals surface area (Å²) in [4.78, 5) is 14.4. The molecule has 0 radical (unpaired) electrons. The number of amides is 1. The highest BCUT2D eigenvalue weighted by molar-refractivity contribution is 6.06. The first-order chi connectivity index (χ1) is 11.3. The zero-order chi connectivity index (χ0) is 15.8. The van der Waals surface area contributed by atoms with Gasteiger partial charge in [0.05, 0.1) is 5.92 Å². The predicted molar refractivity (Wildman–Crippen MR) is 93.6 cm³/mol. The Balaban J connectivity index is 1.73. The van der Waals surface area contributed by atoms with Crippen LogP contribution >= 0.6 is 0 Å². The van der Waals surface area contributed by atoms with Crippen LogP contribution in [-0.4, -0.2) is 13.0 Å². The molecule has 112 valence electrons. The summed E-state index contributed by atoms with van der Waals surface area (Å²) in [6, 6.07) is 26.6. The predicted octanol–water partition coefficient (Wildman–Crippen LogP) is 4.46. The fourth-order valence-corrected chi connectivity index (χ4v) is 3.30. The van der Waals surface area contributed by atoms with Crippen molar-refractivity contribution < 1.29 is 4.79 Å². The fourth-order valence-electron chi connectivity index (χ4n) is 3.30. The molecule has 1 heterocycles. The molecule has 1 atom stereocenters. The molecule has 1 unspecified atom stereocenters. The van der Waals surface area contributed by atoms with Crippen LogP contribution in [0.3, 0.4) is 0 Å². The largest absolute Gasteiger partial charge is 0.314 e. The van der Waals surface area contributed by atoms with Crippen molar-refractivity contribution in [3.05, 3.63) is 90.0 Å². The van der Waals surface area contributed by atoms with E-state index in [1.54, 1.807) is 4.90 Å². The summed E-state index contributed by atoms with van der Waals surface area (Å²) in [7, 11) is 1.85. The number of fused-ring (bicyclic) bond motifs is 1. The SMILES string of the molecule is CN1C(=O)C(c2ccc(-c3ccccc3)cc2)c2ccccc21. The van der Waals surface area contributed by atoms with Crippen molar-refractivity contribution in [2.75, 3.05) is 11.9 Å². The standard InChI is InChI=1S/C21H17NO/c1-22-19-10-6-5-9-18(19)20(21(22)23)17-13-11-16(12-14-17)15-7-3-2-4-8-15/h2-14,20H,1H3. The average Bonchev–Trinajstić information content (AvgIpc) is 2.87. The third-order valence-corrected chi connectivity index (χ3v) is 4.54. The summed E-state index contributed by atoms with van der Waals surface area (Å²) in [5.74, 6) is -0.0558. The highest BCUT2D eigenvalue weighted by Gasteiger charge is 2.35. The molecule has 0 saturated carbocycles.